The number of aliphatic hydroxyl groups is 1. The summed E-state index contributed by atoms with van der Waals surface area (Å²) < 4.78 is 36.1. The Morgan fingerprint density at radius 1 is 1.16 bits per heavy atom. The number of carbonyl (C=O) groups is 2. The van der Waals surface area contributed by atoms with E-state index in [0.717, 1.165) is 12.8 Å². The van der Waals surface area contributed by atoms with Crippen molar-refractivity contribution in [1.82, 2.24) is 25.6 Å². The lowest BCUT2D eigenvalue weighted by atomic mass is 9.89. The van der Waals surface area contributed by atoms with Crippen molar-refractivity contribution in [2.45, 2.75) is 64.2 Å². The molecule has 2 fully saturated rings. The summed E-state index contributed by atoms with van der Waals surface area (Å²) in [5.74, 6) is -0.641. The number of aromatic amines is 1. The van der Waals surface area contributed by atoms with Crippen LogP contribution in [0.2, 0.25) is 0 Å². The van der Waals surface area contributed by atoms with Crippen molar-refractivity contribution >= 4 is 22.8 Å². The first-order chi connectivity index (χ1) is 18.3. The standard InChI is InChI=1S/C27H31F2N5O4/c1-13-3-8-19(38-11-15-4-5-15)22(23(13)29)25-26-24(30-12-31-25)21(14(2)32-26)27(37)33-16-6-7-18(17(28)9-16)34-20(36)10-35/h3,8,12,15-18,32,35H,4-7,9-11H2,1-2H3,(H,33,37)(H,34,36)/t16-,17-,18+/m1/s1. The van der Waals surface area contributed by atoms with Crippen LogP contribution >= 0.6 is 0 Å². The Labute approximate surface area is 218 Å². The van der Waals surface area contributed by atoms with Crippen molar-refractivity contribution in [2.75, 3.05) is 13.2 Å². The first kappa shape index (κ1) is 26.0. The van der Waals surface area contributed by atoms with Crippen molar-refractivity contribution in [3.63, 3.8) is 0 Å². The molecular formula is C27H31F2N5O4. The van der Waals surface area contributed by atoms with Crippen LogP contribution in [0.5, 0.6) is 5.75 Å². The Kier molecular flexibility index (Phi) is 7.29. The zero-order valence-corrected chi connectivity index (χ0v) is 21.3. The molecule has 38 heavy (non-hydrogen) atoms. The van der Waals surface area contributed by atoms with Gasteiger partial charge in [-0.2, -0.15) is 0 Å². The summed E-state index contributed by atoms with van der Waals surface area (Å²) in [5.41, 5.74) is 2.51. The van der Waals surface area contributed by atoms with E-state index >= 15 is 4.39 Å². The number of aromatic nitrogens is 3. The van der Waals surface area contributed by atoms with Crippen molar-refractivity contribution in [1.29, 1.82) is 0 Å². The number of ether oxygens (including phenoxy) is 1. The van der Waals surface area contributed by atoms with Gasteiger partial charge in [-0.05, 0) is 57.1 Å². The maximum Gasteiger partial charge on any atom is 0.255 e. The topological polar surface area (TPSA) is 129 Å². The third-order valence-corrected chi connectivity index (χ3v) is 7.30. The minimum absolute atomic E-state index is 0.0277. The van der Waals surface area contributed by atoms with Gasteiger partial charge in [0, 0.05) is 18.2 Å². The Balaban J connectivity index is 1.41. The van der Waals surface area contributed by atoms with Crippen LogP contribution in [0.4, 0.5) is 8.78 Å². The Morgan fingerprint density at radius 3 is 2.66 bits per heavy atom. The fourth-order valence-corrected chi connectivity index (χ4v) is 5.00. The van der Waals surface area contributed by atoms with Crippen LogP contribution in [-0.4, -0.2) is 63.3 Å². The Hall–Kier alpha value is -3.60. The first-order valence-corrected chi connectivity index (χ1v) is 12.9. The normalized spacial score (nSPS) is 21.3. The van der Waals surface area contributed by atoms with Gasteiger partial charge in [-0.15, -0.1) is 0 Å². The molecule has 2 heterocycles. The number of H-pyrrole nitrogens is 1. The number of hydrogen-bond acceptors (Lipinski definition) is 6. The Morgan fingerprint density at radius 2 is 1.95 bits per heavy atom. The van der Waals surface area contributed by atoms with Crippen LogP contribution in [0.25, 0.3) is 22.3 Å². The molecule has 3 aromatic rings. The number of rotatable bonds is 8. The largest absolute Gasteiger partial charge is 0.492 e. The molecule has 9 nitrogen and oxygen atoms in total. The van der Waals surface area contributed by atoms with Crippen molar-refractivity contribution in [3.8, 4) is 17.0 Å². The van der Waals surface area contributed by atoms with Gasteiger partial charge in [-0.1, -0.05) is 6.07 Å². The number of fused-ring (bicyclic) bond motifs is 1. The maximum atomic E-state index is 15.5. The molecule has 4 N–H and O–H groups in total. The molecule has 0 radical (unpaired) electrons. The molecule has 0 bridgehead atoms. The number of aryl methyl sites for hydroxylation is 2. The predicted molar refractivity (Wildman–Crippen MR) is 136 cm³/mol. The molecule has 2 amide bonds. The monoisotopic (exact) mass is 527 g/mol. The number of amides is 2. The number of aliphatic hydroxyl groups excluding tert-OH is 1. The molecule has 5 rings (SSSR count). The maximum absolute atomic E-state index is 15.5. The second kappa shape index (κ2) is 10.6. The lowest BCUT2D eigenvalue weighted by Gasteiger charge is -2.32. The van der Waals surface area contributed by atoms with Gasteiger partial charge in [0.2, 0.25) is 5.91 Å². The second-order valence-corrected chi connectivity index (χ2v) is 10.2. The molecule has 0 spiro atoms. The van der Waals surface area contributed by atoms with Gasteiger partial charge in [-0.3, -0.25) is 9.59 Å². The minimum atomic E-state index is -1.36. The van der Waals surface area contributed by atoms with Gasteiger partial charge in [0.25, 0.3) is 5.91 Å². The van der Waals surface area contributed by atoms with Crippen molar-refractivity contribution in [3.05, 3.63) is 41.1 Å². The fraction of sp³-hybridized carbons (Fsp3) is 0.481. The molecule has 2 aliphatic rings. The van der Waals surface area contributed by atoms with Crippen LogP contribution in [0, 0.1) is 25.6 Å². The highest BCUT2D eigenvalue weighted by molar-refractivity contribution is 6.09. The number of nitrogens with one attached hydrogen (secondary N) is 3. The molecule has 1 aromatic carbocycles. The van der Waals surface area contributed by atoms with E-state index in [9.17, 15) is 14.0 Å². The van der Waals surface area contributed by atoms with E-state index < -0.39 is 42.5 Å². The quantitative estimate of drug-likeness (QED) is 0.356. The average molecular weight is 528 g/mol. The van der Waals surface area contributed by atoms with Crippen LogP contribution in [0.3, 0.4) is 0 Å². The highest BCUT2D eigenvalue weighted by atomic mass is 19.1. The summed E-state index contributed by atoms with van der Waals surface area (Å²) in [6.45, 7) is 3.19. The molecule has 2 aromatic heterocycles. The number of alkyl halides is 1. The van der Waals surface area contributed by atoms with Crippen LogP contribution in [0.15, 0.2) is 18.5 Å². The van der Waals surface area contributed by atoms with Crippen LogP contribution in [-0.2, 0) is 4.79 Å². The van der Waals surface area contributed by atoms with Gasteiger partial charge in [-0.25, -0.2) is 18.7 Å². The summed E-state index contributed by atoms with van der Waals surface area (Å²) in [5, 5.41) is 14.2. The van der Waals surface area contributed by atoms with E-state index in [1.807, 2.05) is 0 Å². The van der Waals surface area contributed by atoms with Crippen LogP contribution < -0.4 is 15.4 Å². The second-order valence-electron chi connectivity index (χ2n) is 10.2. The third-order valence-electron chi connectivity index (χ3n) is 7.30. The number of halogens is 2. The summed E-state index contributed by atoms with van der Waals surface area (Å²) in [6, 6.07) is 2.26. The average Bonchev–Trinajstić information content (AvgIpc) is 3.66. The highest BCUT2D eigenvalue weighted by Gasteiger charge is 2.33. The first-order valence-electron chi connectivity index (χ1n) is 12.9. The van der Waals surface area contributed by atoms with E-state index in [0.29, 0.717) is 59.1 Å². The SMILES string of the molecule is Cc1ccc(OCC2CC2)c(-c2ncnc3c(C(=O)N[C@@H]4CC[C@H](NC(=O)CO)[C@H](F)C4)c(C)[nH]c23)c1F. The zero-order chi connectivity index (χ0) is 27.0. The van der Waals surface area contributed by atoms with Crippen molar-refractivity contribution in [2.24, 2.45) is 5.92 Å². The highest BCUT2D eigenvalue weighted by Crippen LogP contribution is 2.39. The summed E-state index contributed by atoms with van der Waals surface area (Å²) in [4.78, 5) is 36.6. The van der Waals surface area contributed by atoms with Gasteiger partial charge < -0.3 is 25.5 Å². The summed E-state index contributed by atoms with van der Waals surface area (Å²) >= 11 is 0. The molecule has 0 saturated heterocycles. The Bertz CT molecular complexity index is 1370. The smallest absolute Gasteiger partial charge is 0.255 e. The van der Waals surface area contributed by atoms with Gasteiger partial charge in [0.05, 0.1) is 29.3 Å². The fourth-order valence-electron chi connectivity index (χ4n) is 5.00. The van der Waals surface area contributed by atoms with E-state index in [1.54, 1.807) is 26.0 Å². The number of nitrogens with zero attached hydrogens (tertiary/aromatic N) is 2. The summed E-state index contributed by atoms with van der Waals surface area (Å²) in [7, 11) is 0. The molecule has 0 aliphatic heterocycles. The number of hydrogen-bond donors (Lipinski definition) is 4. The van der Waals surface area contributed by atoms with Crippen LogP contribution in [0.1, 0.15) is 53.7 Å². The van der Waals surface area contributed by atoms with Crippen molar-refractivity contribution < 1.29 is 28.2 Å². The molecule has 3 atom stereocenters. The number of carbonyl (C=O) groups excluding carboxylic acids is 2. The van der Waals surface area contributed by atoms with E-state index in [-0.39, 0.29) is 17.5 Å². The molecule has 2 aliphatic carbocycles. The lowest BCUT2D eigenvalue weighted by Crippen LogP contribution is -2.50. The molecule has 0 unspecified atom stereocenters. The predicted octanol–water partition coefficient (Wildman–Crippen LogP) is 3.27. The molecular weight excluding hydrogens is 496 g/mol. The van der Waals surface area contributed by atoms with Gasteiger partial charge >= 0.3 is 0 Å². The minimum Gasteiger partial charge on any atom is -0.492 e. The van der Waals surface area contributed by atoms with E-state index in [4.69, 9.17) is 9.84 Å². The lowest BCUT2D eigenvalue weighted by molar-refractivity contribution is -0.125. The summed E-state index contributed by atoms with van der Waals surface area (Å²) in [6.07, 6.45) is 2.94. The van der Waals surface area contributed by atoms with E-state index in [2.05, 4.69) is 25.6 Å². The third kappa shape index (κ3) is 5.20. The molecule has 11 heteroatoms. The number of benzene rings is 1. The van der Waals surface area contributed by atoms with Gasteiger partial charge in [0.15, 0.2) is 0 Å². The zero-order valence-electron chi connectivity index (χ0n) is 21.3. The molecule has 2 saturated carbocycles. The van der Waals surface area contributed by atoms with Gasteiger partial charge in [0.1, 0.15) is 41.9 Å². The van der Waals surface area contributed by atoms with E-state index in [1.165, 1.54) is 6.33 Å². The molecule has 202 valence electrons.